The summed E-state index contributed by atoms with van der Waals surface area (Å²) in [5, 5.41) is 0. The van der Waals surface area contributed by atoms with E-state index in [9.17, 15) is 14.4 Å². The molecule has 39 heavy (non-hydrogen) atoms. The summed E-state index contributed by atoms with van der Waals surface area (Å²) in [5.74, 6) is 0.954. The van der Waals surface area contributed by atoms with Crippen LogP contribution in [-0.4, -0.2) is 17.3 Å². The van der Waals surface area contributed by atoms with Gasteiger partial charge in [0, 0.05) is 17.9 Å². The molecule has 0 saturated heterocycles. The molecule has 3 unspecified atom stereocenters. The van der Waals surface area contributed by atoms with Crippen LogP contribution < -0.4 is 0 Å². The molecule has 0 N–H and O–H groups in total. The van der Waals surface area contributed by atoms with Gasteiger partial charge in [0.15, 0.2) is 5.78 Å². The first-order valence-electron chi connectivity index (χ1n) is 15.4. The molecule has 0 aliphatic heterocycles. The predicted octanol–water partition coefficient (Wildman–Crippen LogP) is 9.25. The molecule has 0 spiro atoms. The zero-order valence-corrected chi connectivity index (χ0v) is 25.5. The molecule has 1 aliphatic carbocycles. The van der Waals surface area contributed by atoms with E-state index in [0.717, 1.165) is 49.7 Å². The second kappa shape index (κ2) is 14.2. The molecule has 0 bridgehead atoms. The molecule has 1 aliphatic rings. The predicted molar refractivity (Wildman–Crippen MR) is 163 cm³/mol. The van der Waals surface area contributed by atoms with Crippen molar-refractivity contribution in [3.05, 3.63) is 58.1 Å². The first kappa shape index (κ1) is 31.0. The quantitative estimate of drug-likeness (QED) is 0.229. The first-order chi connectivity index (χ1) is 18.6. The van der Waals surface area contributed by atoms with E-state index in [2.05, 4.69) is 71.9 Å². The monoisotopic (exact) mass is 530 g/mol. The standard InChI is InChI=1S/C36H50O3/c1-8-11-13-26-14-16-28(17-15-26)32-22-31(23(4)5)33-20-27(21-35(39)36(33)25(32)7)19-29(12-9-2)30(10-3)34(38)18-24(6)37/h14-17,22-23,27,29-30H,8-13,18-21H2,1-7H3. The summed E-state index contributed by atoms with van der Waals surface area (Å²) >= 11 is 0. The molecule has 3 rings (SSSR count). The van der Waals surface area contributed by atoms with E-state index in [1.807, 2.05) is 0 Å². The maximum Gasteiger partial charge on any atom is 0.163 e. The van der Waals surface area contributed by atoms with Crippen LogP contribution in [0.5, 0.6) is 0 Å². The number of rotatable bonds is 14. The average Bonchev–Trinajstić information content (AvgIpc) is 2.87. The molecule has 3 atom stereocenters. The van der Waals surface area contributed by atoms with Crippen LogP contribution >= 0.6 is 0 Å². The molecular weight excluding hydrogens is 480 g/mol. The van der Waals surface area contributed by atoms with Crippen molar-refractivity contribution < 1.29 is 14.4 Å². The minimum atomic E-state index is -0.0978. The molecule has 3 nitrogen and oxygen atoms in total. The fraction of sp³-hybridized carbons (Fsp3) is 0.583. The van der Waals surface area contributed by atoms with Crippen molar-refractivity contribution in [1.82, 2.24) is 0 Å². The van der Waals surface area contributed by atoms with Crippen molar-refractivity contribution in [2.75, 3.05) is 0 Å². The Balaban J connectivity index is 1.94. The third-order valence-corrected chi connectivity index (χ3v) is 8.82. The Morgan fingerprint density at radius 2 is 1.69 bits per heavy atom. The van der Waals surface area contributed by atoms with E-state index in [4.69, 9.17) is 0 Å². The molecule has 0 aromatic heterocycles. The third kappa shape index (κ3) is 7.56. The Morgan fingerprint density at radius 1 is 1.00 bits per heavy atom. The van der Waals surface area contributed by atoms with Crippen LogP contribution in [-0.2, 0) is 22.4 Å². The number of hydrogen-bond donors (Lipinski definition) is 0. The maximum absolute atomic E-state index is 13.8. The van der Waals surface area contributed by atoms with Crippen molar-refractivity contribution in [3.63, 3.8) is 0 Å². The van der Waals surface area contributed by atoms with Gasteiger partial charge in [0.2, 0.25) is 0 Å². The number of benzene rings is 2. The number of Topliss-reactive ketones (excluding diaryl/α,β-unsaturated/α-hetero) is 3. The maximum atomic E-state index is 13.8. The van der Waals surface area contributed by atoms with Gasteiger partial charge in [-0.1, -0.05) is 84.2 Å². The SMILES string of the molecule is CCCCc1ccc(-c2cc(C(C)C)c3c(c2C)C(=O)CC(CC(CCC)C(CC)C(=O)CC(C)=O)C3)cc1. The number of hydrogen-bond acceptors (Lipinski definition) is 3. The normalized spacial score (nSPS) is 16.7. The molecule has 0 amide bonds. The number of unbranched alkanes of at least 4 members (excludes halogenated alkanes) is 1. The Morgan fingerprint density at radius 3 is 2.26 bits per heavy atom. The molecule has 2 aromatic carbocycles. The van der Waals surface area contributed by atoms with E-state index in [1.54, 1.807) is 0 Å². The van der Waals surface area contributed by atoms with Crippen molar-refractivity contribution in [2.24, 2.45) is 17.8 Å². The molecule has 0 saturated carbocycles. The first-order valence-corrected chi connectivity index (χ1v) is 15.4. The Kier molecular flexibility index (Phi) is 11.3. The lowest BCUT2D eigenvalue weighted by Crippen LogP contribution is -2.30. The van der Waals surface area contributed by atoms with Crippen LogP contribution in [0.1, 0.15) is 131 Å². The topological polar surface area (TPSA) is 51.2 Å². The van der Waals surface area contributed by atoms with Gasteiger partial charge in [-0.3, -0.25) is 14.4 Å². The molecule has 212 valence electrons. The summed E-state index contributed by atoms with van der Waals surface area (Å²) in [6.07, 6.45) is 8.56. The number of aryl methyl sites for hydroxylation is 1. The van der Waals surface area contributed by atoms with E-state index in [1.165, 1.54) is 47.6 Å². The van der Waals surface area contributed by atoms with Gasteiger partial charge < -0.3 is 0 Å². The lowest BCUT2D eigenvalue weighted by molar-refractivity contribution is -0.129. The molecule has 0 heterocycles. The highest BCUT2D eigenvalue weighted by molar-refractivity contribution is 6.02. The van der Waals surface area contributed by atoms with E-state index < -0.39 is 0 Å². The van der Waals surface area contributed by atoms with Crippen LogP contribution in [0.2, 0.25) is 0 Å². The van der Waals surface area contributed by atoms with Crippen molar-refractivity contribution in [1.29, 1.82) is 0 Å². The summed E-state index contributed by atoms with van der Waals surface area (Å²) < 4.78 is 0. The molecule has 0 fully saturated rings. The number of ketones is 3. The lowest BCUT2D eigenvalue weighted by Gasteiger charge is -2.33. The van der Waals surface area contributed by atoms with Gasteiger partial charge >= 0.3 is 0 Å². The van der Waals surface area contributed by atoms with Gasteiger partial charge in [-0.05, 0) is 97.1 Å². The van der Waals surface area contributed by atoms with E-state index >= 15 is 0 Å². The number of fused-ring (bicyclic) bond motifs is 1. The molecular formula is C36H50O3. The number of carbonyl (C=O) groups is 3. The van der Waals surface area contributed by atoms with Gasteiger partial charge in [0.1, 0.15) is 11.6 Å². The lowest BCUT2D eigenvalue weighted by atomic mass is 9.70. The summed E-state index contributed by atoms with van der Waals surface area (Å²) in [4.78, 5) is 38.4. The minimum Gasteiger partial charge on any atom is -0.300 e. The fourth-order valence-electron chi connectivity index (χ4n) is 6.87. The minimum absolute atomic E-state index is 0.0319. The fourth-order valence-corrected chi connectivity index (χ4v) is 6.87. The highest BCUT2D eigenvalue weighted by Crippen LogP contribution is 2.42. The zero-order chi connectivity index (χ0) is 28.7. The number of carbonyl (C=O) groups excluding carboxylic acids is 3. The van der Waals surface area contributed by atoms with Gasteiger partial charge in [0.05, 0.1) is 6.42 Å². The van der Waals surface area contributed by atoms with Crippen LogP contribution in [0.15, 0.2) is 30.3 Å². The Bertz CT molecular complexity index is 1150. The second-order valence-electron chi connectivity index (χ2n) is 12.3. The highest BCUT2D eigenvalue weighted by Gasteiger charge is 2.34. The average molecular weight is 531 g/mol. The Labute approximate surface area is 237 Å². The molecule has 0 radical (unpaired) electrons. The van der Waals surface area contributed by atoms with Crippen molar-refractivity contribution in [2.45, 2.75) is 119 Å². The second-order valence-corrected chi connectivity index (χ2v) is 12.3. The van der Waals surface area contributed by atoms with E-state index in [-0.39, 0.29) is 41.5 Å². The van der Waals surface area contributed by atoms with Crippen LogP contribution in [0, 0.1) is 24.7 Å². The van der Waals surface area contributed by atoms with Crippen molar-refractivity contribution >= 4 is 17.3 Å². The summed E-state index contributed by atoms with van der Waals surface area (Å²) in [5.41, 5.74) is 8.28. The summed E-state index contributed by atoms with van der Waals surface area (Å²) in [7, 11) is 0. The molecule has 3 heteroatoms. The van der Waals surface area contributed by atoms with Gasteiger partial charge in [-0.25, -0.2) is 0 Å². The van der Waals surface area contributed by atoms with Gasteiger partial charge in [0.25, 0.3) is 0 Å². The highest BCUT2D eigenvalue weighted by atomic mass is 16.1. The van der Waals surface area contributed by atoms with Gasteiger partial charge in [-0.15, -0.1) is 0 Å². The molecule has 2 aromatic rings. The Hall–Kier alpha value is -2.55. The smallest absolute Gasteiger partial charge is 0.163 e. The largest absolute Gasteiger partial charge is 0.300 e. The summed E-state index contributed by atoms with van der Waals surface area (Å²) in [6, 6.07) is 11.3. The van der Waals surface area contributed by atoms with Gasteiger partial charge in [-0.2, -0.15) is 0 Å². The van der Waals surface area contributed by atoms with Crippen LogP contribution in [0.25, 0.3) is 11.1 Å². The van der Waals surface area contributed by atoms with Crippen LogP contribution in [0.3, 0.4) is 0 Å². The van der Waals surface area contributed by atoms with Crippen molar-refractivity contribution in [3.8, 4) is 11.1 Å². The summed E-state index contributed by atoms with van der Waals surface area (Å²) in [6.45, 7) is 14.5. The zero-order valence-electron chi connectivity index (χ0n) is 25.5. The third-order valence-electron chi connectivity index (χ3n) is 8.82. The van der Waals surface area contributed by atoms with E-state index in [0.29, 0.717) is 12.3 Å². The van der Waals surface area contributed by atoms with Crippen LogP contribution in [0.4, 0.5) is 0 Å².